The number of carbonyl (C=O) groups is 2. The van der Waals surface area contributed by atoms with Crippen LogP contribution in [0.25, 0.3) is 0 Å². The van der Waals surface area contributed by atoms with Gasteiger partial charge in [0.15, 0.2) is 0 Å². The molecule has 2 amide bonds. The van der Waals surface area contributed by atoms with Crippen LogP contribution >= 0.6 is 0 Å². The maximum Gasteiger partial charge on any atom is 0.242 e. The van der Waals surface area contributed by atoms with Crippen molar-refractivity contribution in [3.63, 3.8) is 0 Å². The van der Waals surface area contributed by atoms with E-state index >= 15 is 0 Å². The highest BCUT2D eigenvalue weighted by atomic mass is 16.5. The molecule has 1 aromatic carbocycles. The number of rotatable bonds is 12. The molecule has 0 saturated heterocycles. The average Bonchev–Trinajstić information content (AvgIpc) is 3.03. The number of nitrogens with zero attached hydrogens (tertiary/aromatic N) is 5. The standard InChI is InChI=1S/C31H39N5O3/c1-5-31(6-2)29(37)34(3)27-11-10-26(21-28(27)35(4)30(31)38)39-20-8-18-36(23-25-12-16-32-17-13-25)19-14-24-9-7-15-33-22-24/h7,9-13,15-17,21-22H,5-6,8,14,18-20,23H2,1-4H3. The maximum atomic E-state index is 13.4. The summed E-state index contributed by atoms with van der Waals surface area (Å²) in [5, 5.41) is 0. The van der Waals surface area contributed by atoms with E-state index in [1.54, 1.807) is 30.1 Å². The van der Waals surface area contributed by atoms with Gasteiger partial charge >= 0.3 is 0 Å². The lowest BCUT2D eigenvalue weighted by atomic mass is 9.79. The predicted molar refractivity (Wildman–Crippen MR) is 154 cm³/mol. The van der Waals surface area contributed by atoms with Crippen LogP contribution in [0, 0.1) is 5.41 Å². The Balaban J connectivity index is 1.40. The fourth-order valence-corrected chi connectivity index (χ4v) is 5.28. The molecule has 3 heterocycles. The van der Waals surface area contributed by atoms with Gasteiger partial charge in [0.1, 0.15) is 11.2 Å². The molecule has 2 aromatic heterocycles. The zero-order valence-electron chi connectivity index (χ0n) is 23.5. The summed E-state index contributed by atoms with van der Waals surface area (Å²) in [6, 6.07) is 13.8. The summed E-state index contributed by atoms with van der Waals surface area (Å²) < 4.78 is 6.14. The van der Waals surface area contributed by atoms with Gasteiger partial charge in [0.25, 0.3) is 0 Å². The summed E-state index contributed by atoms with van der Waals surface area (Å²) in [7, 11) is 3.49. The monoisotopic (exact) mass is 529 g/mol. The lowest BCUT2D eigenvalue weighted by Gasteiger charge is -2.31. The van der Waals surface area contributed by atoms with E-state index in [0.717, 1.165) is 32.5 Å². The van der Waals surface area contributed by atoms with Gasteiger partial charge in [-0.05, 0) is 67.1 Å². The summed E-state index contributed by atoms with van der Waals surface area (Å²) >= 11 is 0. The van der Waals surface area contributed by atoms with Crippen molar-refractivity contribution >= 4 is 23.2 Å². The minimum absolute atomic E-state index is 0.155. The number of anilines is 2. The van der Waals surface area contributed by atoms with E-state index in [1.165, 1.54) is 11.1 Å². The lowest BCUT2D eigenvalue weighted by molar-refractivity contribution is -0.140. The number of hydrogen-bond donors (Lipinski definition) is 0. The zero-order chi connectivity index (χ0) is 27.8. The van der Waals surface area contributed by atoms with Gasteiger partial charge in [0.05, 0.1) is 18.0 Å². The maximum absolute atomic E-state index is 13.4. The first kappa shape index (κ1) is 28.2. The molecule has 4 rings (SSSR count). The van der Waals surface area contributed by atoms with Crippen molar-refractivity contribution in [1.82, 2.24) is 14.9 Å². The zero-order valence-corrected chi connectivity index (χ0v) is 23.5. The number of pyridine rings is 2. The number of aromatic nitrogens is 2. The van der Waals surface area contributed by atoms with Crippen molar-refractivity contribution < 1.29 is 14.3 Å². The second kappa shape index (κ2) is 12.8. The Labute approximate surface area is 231 Å². The van der Waals surface area contributed by atoms with Crippen LogP contribution in [0.4, 0.5) is 11.4 Å². The van der Waals surface area contributed by atoms with E-state index in [-0.39, 0.29) is 11.8 Å². The molecule has 3 aromatic rings. The molecule has 1 aliphatic heterocycles. The van der Waals surface area contributed by atoms with Crippen molar-refractivity contribution in [2.75, 3.05) is 43.6 Å². The van der Waals surface area contributed by atoms with Gasteiger partial charge < -0.3 is 14.5 Å². The van der Waals surface area contributed by atoms with E-state index < -0.39 is 5.41 Å². The van der Waals surface area contributed by atoms with Crippen molar-refractivity contribution in [2.45, 2.75) is 46.1 Å². The fraction of sp³-hybridized carbons (Fsp3) is 0.419. The summed E-state index contributed by atoms with van der Waals surface area (Å²) in [6.07, 6.45) is 10.1. The summed E-state index contributed by atoms with van der Waals surface area (Å²) in [4.78, 5) is 40.8. The second-order valence-electron chi connectivity index (χ2n) is 10.1. The van der Waals surface area contributed by atoms with Crippen LogP contribution in [0.5, 0.6) is 5.75 Å². The Bertz CT molecular complexity index is 1250. The summed E-state index contributed by atoms with van der Waals surface area (Å²) in [6.45, 7) is 6.97. The first-order chi connectivity index (χ1) is 18.9. The first-order valence-corrected chi connectivity index (χ1v) is 13.7. The number of benzene rings is 1. The molecule has 8 nitrogen and oxygen atoms in total. The third-order valence-corrected chi connectivity index (χ3v) is 7.79. The molecule has 0 spiro atoms. The van der Waals surface area contributed by atoms with Crippen LogP contribution in [0.3, 0.4) is 0 Å². The second-order valence-corrected chi connectivity index (χ2v) is 10.1. The lowest BCUT2D eigenvalue weighted by Crippen LogP contribution is -2.49. The van der Waals surface area contributed by atoms with Gasteiger partial charge in [-0.1, -0.05) is 19.9 Å². The van der Waals surface area contributed by atoms with Crippen LogP contribution < -0.4 is 14.5 Å². The van der Waals surface area contributed by atoms with E-state index in [9.17, 15) is 9.59 Å². The van der Waals surface area contributed by atoms with E-state index in [0.29, 0.717) is 36.6 Å². The topological polar surface area (TPSA) is 78.9 Å². The van der Waals surface area contributed by atoms with Gasteiger partial charge in [-0.2, -0.15) is 0 Å². The summed E-state index contributed by atoms with van der Waals surface area (Å²) in [5.74, 6) is 0.365. The number of carbonyl (C=O) groups excluding carboxylic acids is 2. The number of hydrogen-bond acceptors (Lipinski definition) is 6. The highest BCUT2D eigenvalue weighted by molar-refractivity contribution is 6.20. The third-order valence-electron chi connectivity index (χ3n) is 7.79. The molecule has 39 heavy (non-hydrogen) atoms. The van der Waals surface area contributed by atoms with E-state index in [1.807, 2.05) is 56.7 Å². The molecule has 0 bridgehead atoms. The highest BCUT2D eigenvalue weighted by Gasteiger charge is 2.49. The van der Waals surface area contributed by atoms with Crippen LogP contribution in [0.2, 0.25) is 0 Å². The SMILES string of the molecule is CCC1(CC)C(=O)N(C)c2ccc(OCCCN(CCc3cccnc3)Cc3ccncc3)cc2N(C)C1=O. The molecule has 8 heteroatoms. The normalized spacial score (nSPS) is 14.9. The molecule has 0 N–H and O–H groups in total. The Morgan fingerprint density at radius 1 is 0.846 bits per heavy atom. The van der Waals surface area contributed by atoms with Gasteiger partial charge in [0, 0.05) is 64.6 Å². The fourth-order valence-electron chi connectivity index (χ4n) is 5.28. The molecule has 0 radical (unpaired) electrons. The van der Waals surface area contributed by atoms with E-state index in [4.69, 9.17) is 4.74 Å². The molecular formula is C31H39N5O3. The van der Waals surface area contributed by atoms with Crippen LogP contribution in [-0.2, 0) is 22.6 Å². The minimum Gasteiger partial charge on any atom is -0.493 e. The molecule has 0 unspecified atom stereocenters. The molecule has 0 atom stereocenters. The third kappa shape index (κ3) is 6.28. The van der Waals surface area contributed by atoms with Crippen LogP contribution in [-0.4, -0.2) is 60.5 Å². The van der Waals surface area contributed by atoms with Crippen molar-refractivity contribution in [2.24, 2.45) is 5.41 Å². The largest absolute Gasteiger partial charge is 0.493 e. The van der Waals surface area contributed by atoms with E-state index in [2.05, 4.69) is 33.1 Å². The molecular weight excluding hydrogens is 490 g/mol. The molecule has 0 saturated carbocycles. The van der Waals surface area contributed by atoms with Gasteiger partial charge in [-0.3, -0.25) is 24.5 Å². The Morgan fingerprint density at radius 2 is 1.56 bits per heavy atom. The first-order valence-electron chi connectivity index (χ1n) is 13.7. The summed E-state index contributed by atoms with van der Waals surface area (Å²) in [5.41, 5.74) is 2.80. The highest BCUT2D eigenvalue weighted by Crippen LogP contribution is 2.42. The number of amides is 2. The number of ether oxygens (including phenoxy) is 1. The Morgan fingerprint density at radius 3 is 2.23 bits per heavy atom. The quantitative estimate of drug-likeness (QED) is 0.249. The smallest absolute Gasteiger partial charge is 0.242 e. The minimum atomic E-state index is -1.04. The van der Waals surface area contributed by atoms with Gasteiger partial charge in [-0.15, -0.1) is 0 Å². The molecule has 0 aliphatic carbocycles. The average molecular weight is 530 g/mol. The van der Waals surface area contributed by atoms with Crippen molar-refractivity contribution in [3.8, 4) is 5.75 Å². The molecule has 206 valence electrons. The van der Waals surface area contributed by atoms with Crippen LogP contribution in [0.1, 0.15) is 44.2 Å². The Hall–Kier alpha value is -3.78. The van der Waals surface area contributed by atoms with Crippen molar-refractivity contribution in [3.05, 3.63) is 78.4 Å². The number of fused-ring (bicyclic) bond motifs is 1. The van der Waals surface area contributed by atoms with Crippen LogP contribution in [0.15, 0.2) is 67.3 Å². The predicted octanol–water partition coefficient (Wildman–Crippen LogP) is 4.74. The Kier molecular flexibility index (Phi) is 9.30. The van der Waals surface area contributed by atoms with Gasteiger partial charge in [-0.25, -0.2) is 0 Å². The van der Waals surface area contributed by atoms with Gasteiger partial charge in [0.2, 0.25) is 11.8 Å². The molecule has 1 aliphatic rings. The molecule has 0 fully saturated rings. The van der Waals surface area contributed by atoms with Crippen molar-refractivity contribution in [1.29, 1.82) is 0 Å².